The Morgan fingerprint density at radius 3 is 2.59 bits per heavy atom. The number of carbonyl (C=O) groups excluding carboxylic acids is 1. The van der Waals surface area contributed by atoms with Crippen molar-refractivity contribution >= 4 is 16.8 Å². The third-order valence-corrected chi connectivity index (χ3v) is 2.68. The molecule has 1 aromatic heterocycles. The zero-order chi connectivity index (χ0) is 12.6. The molecule has 1 aromatic carbocycles. The zero-order valence-corrected chi connectivity index (χ0v) is 10.1. The largest absolute Gasteiger partial charge is 0.422 e. The number of benzene rings is 1. The summed E-state index contributed by atoms with van der Waals surface area (Å²) in [5.74, 6) is -0.387. The van der Waals surface area contributed by atoms with E-state index in [1.54, 1.807) is 26.0 Å². The number of hydrogen-bond donors (Lipinski definition) is 0. The molecule has 0 bridgehead atoms. The molecule has 0 saturated carbocycles. The van der Waals surface area contributed by atoms with E-state index >= 15 is 0 Å². The summed E-state index contributed by atoms with van der Waals surface area (Å²) in [4.78, 5) is 23.5. The lowest BCUT2D eigenvalue weighted by molar-refractivity contribution is 0.0936. The van der Waals surface area contributed by atoms with Crippen LogP contribution in [-0.2, 0) is 0 Å². The maximum absolute atomic E-state index is 11.8. The van der Waals surface area contributed by atoms with E-state index in [0.29, 0.717) is 5.58 Å². The van der Waals surface area contributed by atoms with Crippen molar-refractivity contribution in [3.8, 4) is 0 Å². The van der Waals surface area contributed by atoms with E-state index in [-0.39, 0.29) is 17.3 Å². The second-order valence-corrected chi connectivity index (χ2v) is 4.51. The van der Waals surface area contributed by atoms with Crippen LogP contribution in [-0.4, -0.2) is 5.78 Å². The molecule has 0 aliphatic carbocycles. The molecule has 0 spiro atoms. The molecule has 0 N–H and O–H groups in total. The average Bonchev–Trinajstić information content (AvgIpc) is 2.27. The molecule has 0 amide bonds. The van der Waals surface area contributed by atoms with Crippen molar-refractivity contribution in [2.24, 2.45) is 5.92 Å². The highest BCUT2D eigenvalue weighted by Crippen LogP contribution is 2.16. The quantitative estimate of drug-likeness (QED) is 0.588. The second-order valence-electron chi connectivity index (χ2n) is 4.51. The molecule has 0 radical (unpaired) electrons. The van der Waals surface area contributed by atoms with Gasteiger partial charge in [-0.25, -0.2) is 4.79 Å². The van der Waals surface area contributed by atoms with Gasteiger partial charge in [0, 0.05) is 11.3 Å². The molecule has 17 heavy (non-hydrogen) atoms. The van der Waals surface area contributed by atoms with Gasteiger partial charge >= 0.3 is 5.63 Å². The Labute approximate surface area is 99.1 Å². The van der Waals surface area contributed by atoms with Crippen LogP contribution in [0.5, 0.6) is 0 Å². The fourth-order valence-corrected chi connectivity index (χ4v) is 1.70. The Balaban J connectivity index is 2.68. The molecule has 1 heterocycles. The smallest absolute Gasteiger partial charge is 0.347 e. The number of Topliss-reactive ketones (excluding diaryl/α,β-unsaturated/α-hetero) is 1. The Morgan fingerprint density at radius 1 is 1.24 bits per heavy atom. The summed E-state index contributed by atoms with van der Waals surface area (Å²) in [6.45, 7) is 5.45. The molecule has 0 atom stereocenters. The van der Waals surface area contributed by atoms with Crippen molar-refractivity contribution in [3.63, 3.8) is 0 Å². The average molecular weight is 230 g/mol. The van der Waals surface area contributed by atoms with Crippen LogP contribution in [0.25, 0.3) is 11.0 Å². The van der Waals surface area contributed by atoms with Gasteiger partial charge in [-0.15, -0.1) is 0 Å². The second kappa shape index (κ2) is 4.17. The summed E-state index contributed by atoms with van der Waals surface area (Å²) in [6, 6.07) is 7.18. The Kier molecular flexibility index (Phi) is 2.84. The summed E-state index contributed by atoms with van der Waals surface area (Å²) >= 11 is 0. The van der Waals surface area contributed by atoms with Gasteiger partial charge in [-0.05, 0) is 24.6 Å². The van der Waals surface area contributed by atoms with Crippen molar-refractivity contribution < 1.29 is 9.21 Å². The van der Waals surface area contributed by atoms with Crippen molar-refractivity contribution in [1.29, 1.82) is 0 Å². The van der Waals surface area contributed by atoms with Gasteiger partial charge in [0.25, 0.3) is 0 Å². The number of aryl methyl sites for hydroxylation is 1. The molecule has 2 rings (SSSR count). The lowest BCUT2D eigenvalue weighted by atomic mass is 10.0. The Hall–Kier alpha value is -1.90. The molecule has 0 aliphatic heterocycles. The van der Waals surface area contributed by atoms with Gasteiger partial charge < -0.3 is 4.42 Å². The monoisotopic (exact) mass is 230 g/mol. The van der Waals surface area contributed by atoms with Crippen molar-refractivity contribution in [1.82, 2.24) is 0 Å². The third-order valence-electron chi connectivity index (χ3n) is 2.68. The molecule has 3 heteroatoms. The van der Waals surface area contributed by atoms with E-state index in [1.165, 1.54) is 0 Å². The first-order valence-electron chi connectivity index (χ1n) is 5.58. The van der Waals surface area contributed by atoms with Gasteiger partial charge in [-0.1, -0.05) is 26.0 Å². The normalized spacial score (nSPS) is 11.1. The van der Waals surface area contributed by atoms with Gasteiger partial charge in [0.2, 0.25) is 0 Å². The van der Waals surface area contributed by atoms with Crippen LogP contribution >= 0.6 is 0 Å². The number of rotatable bonds is 2. The van der Waals surface area contributed by atoms with Gasteiger partial charge in [0.1, 0.15) is 11.1 Å². The zero-order valence-electron chi connectivity index (χ0n) is 10.1. The maximum atomic E-state index is 11.8. The molecule has 3 nitrogen and oxygen atoms in total. The van der Waals surface area contributed by atoms with Crippen molar-refractivity contribution in [2.45, 2.75) is 20.8 Å². The van der Waals surface area contributed by atoms with E-state index in [9.17, 15) is 9.59 Å². The minimum absolute atomic E-state index is 0.136. The summed E-state index contributed by atoms with van der Waals surface area (Å²) in [6.07, 6.45) is 0. The fraction of sp³-hybridized carbons (Fsp3) is 0.286. The topological polar surface area (TPSA) is 47.3 Å². The first-order valence-corrected chi connectivity index (χ1v) is 5.58. The summed E-state index contributed by atoms with van der Waals surface area (Å²) < 4.78 is 5.17. The highest BCUT2D eigenvalue weighted by Gasteiger charge is 2.16. The number of ketones is 1. The lowest BCUT2D eigenvalue weighted by Gasteiger charge is -2.04. The summed E-state index contributed by atoms with van der Waals surface area (Å²) in [5, 5.41) is 0.777. The van der Waals surface area contributed by atoms with Gasteiger partial charge in [0.05, 0.1) is 0 Å². The SMILES string of the molecule is Cc1ccc2cc(C(=O)C(C)C)c(=O)oc2c1. The number of hydrogen-bond acceptors (Lipinski definition) is 3. The first-order chi connectivity index (χ1) is 7.99. The van der Waals surface area contributed by atoms with Crippen LogP contribution in [0.4, 0.5) is 0 Å². The molecule has 0 fully saturated rings. The fourth-order valence-electron chi connectivity index (χ4n) is 1.70. The molecule has 0 aliphatic rings. The van der Waals surface area contributed by atoms with E-state index < -0.39 is 5.63 Å². The molecule has 2 aromatic rings. The molecule has 88 valence electrons. The van der Waals surface area contributed by atoms with Crippen LogP contribution in [0.3, 0.4) is 0 Å². The third kappa shape index (κ3) is 2.13. The Morgan fingerprint density at radius 2 is 1.94 bits per heavy atom. The molecule has 0 saturated heterocycles. The predicted octanol–water partition coefficient (Wildman–Crippen LogP) is 2.94. The van der Waals surface area contributed by atoms with E-state index in [1.807, 2.05) is 19.1 Å². The summed E-state index contributed by atoms with van der Waals surface area (Å²) in [7, 11) is 0. The van der Waals surface area contributed by atoms with Gasteiger partial charge in [-0.2, -0.15) is 0 Å². The first kappa shape index (κ1) is 11.6. The van der Waals surface area contributed by atoms with Crippen molar-refractivity contribution in [3.05, 3.63) is 45.8 Å². The van der Waals surface area contributed by atoms with Crippen LogP contribution in [0.15, 0.2) is 33.5 Å². The summed E-state index contributed by atoms with van der Waals surface area (Å²) in [5.41, 5.74) is 1.12. The highest BCUT2D eigenvalue weighted by atomic mass is 16.4. The van der Waals surface area contributed by atoms with Gasteiger partial charge in [0.15, 0.2) is 5.78 Å². The minimum atomic E-state index is -0.554. The van der Waals surface area contributed by atoms with Crippen LogP contribution < -0.4 is 5.63 Å². The van der Waals surface area contributed by atoms with Gasteiger partial charge in [-0.3, -0.25) is 4.79 Å². The van der Waals surface area contributed by atoms with Crippen molar-refractivity contribution in [2.75, 3.05) is 0 Å². The maximum Gasteiger partial charge on any atom is 0.347 e. The minimum Gasteiger partial charge on any atom is -0.422 e. The molecular weight excluding hydrogens is 216 g/mol. The number of carbonyl (C=O) groups is 1. The van der Waals surface area contributed by atoms with Crippen LogP contribution in [0.1, 0.15) is 29.8 Å². The highest BCUT2D eigenvalue weighted by molar-refractivity contribution is 5.99. The van der Waals surface area contributed by atoms with E-state index in [4.69, 9.17) is 4.42 Å². The van der Waals surface area contributed by atoms with E-state index in [2.05, 4.69) is 0 Å². The Bertz CT molecular complexity index is 635. The molecular formula is C14H14O3. The van der Waals surface area contributed by atoms with E-state index in [0.717, 1.165) is 10.9 Å². The predicted molar refractivity (Wildman–Crippen MR) is 66.4 cm³/mol. The standard InChI is InChI=1S/C14H14O3/c1-8(2)13(15)11-7-10-5-4-9(3)6-12(10)17-14(11)16/h4-8H,1-3H3. The van der Waals surface area contributed by atoms with Crippen LogP contribution in [0.2, 0.25) is 0 Å². The van der Waals surface area contributed by atoms with Crippen LogP contribution in [0, 0.1) is 12.8 Å². The lowest BCUT2D eigenvalue weighted by Crippen LogP contribution is -2.18. The molecule has 0 unspecified atom stereocenters. The number of fused-ring (bicyclic) bond motifs is 1.